The van der Waals surface area contributed by atoms with Crippen molar-refractivity contribution in [2.24, 2.45) is 0 Å². The summed E-state index contributed by atoms with van der Waals surface area (Å²) in [5, 5.41) is 3.73. The molecule has 0 saturated carbocycles. The second-order valence-corrected chi connectivity index (χ2v) is 5.91. The Morgan fingerprint density at radius 2 is 2.19 bits per heavy atom. The molecular weight excluding hydrogens is 196 g/mol. The molecule has 2 rings (SSSR count). The summed E-state index contributed by atoms with van der Waals surface area (Å²) >= 11 is 0. The van der Waals surface area contributed by atoms with Gasteiger partial charge in [-0.3, -0.25) is 0 Å². The lowest BCUT2D eigenvalue weighted by Crippen LogP contribution is -2.46. The fourth-order valence-electron chi connectivity index (χ4n) is 3.46. The van der Waals surface area contributed by atoms with E-state index in [9.17, 15) is 0 Å². The molecule has 0 aromatic carbocycles. The van der Waals surface area contributed by atoms with Crippen molar-refractivity contribution < 1.29 is 0 Å². The lowest BCUT2D eigenvalue weighted by Gasteiger charge is -2.36. The Labute approximate surface area is 101 Å². The normalized spacial score (nSPS) is 36.8. The van der Waals surface area contributed by atoms with E-state index in [2.05, 4.69) is 24.1 Å². The molecule has 2 unspecified atom stereocenters. The fraction of sp³-hybridized carbons (Fsp3) is 1.00. The minimum atomic E-state index is 0.445. The summed E-state index contributed by atoms with van der Waals surface area (Å²) in [5.41, 5.74) is 0.445. The molecule has 0 aliphatic carbocycles. The van der Waals surface area contributed by atoms with Crippen LogP contribution >= 0.6 is 0 Å². The molecule has 0 aromatic rings. The Hall–Kier alpha value is -0.0800. The van der Waals surface area contributed by atoms with E-state index in [0.29, 0.717) is 5.54 Å². The molecule has 0 aromatic heterocycles. The van der Waals surface area contributed by atoms with Crippen LogP contribution < -0.4 is 5.32 Å². The maximum atomic E-state index is 3.73. The Kier molecular flexibility index (Phi) is 4.26. The van der Waals surface area contributed by atoms with Crippen molar-refractivity contribution in [2.75, 3.05) is 19.6 Å². The van der Waals surface area contributed by atoms with Gasteiger partial charge in [0.25, 0.3) is 0 Å². The van der Waals surface area contributed by atoms with Gasteiger partial charge in [-0.1, -0.05) is 13.3 Å². The van der Waals surface area contributed by atoms with Crippen molar-refractivity contribution in [3.05, 3.63) is 0 Å². The van der Waals surface area contributed by atoms with Crippen LogP contribution in [0.2, 0.25) is 0 Å². The predicted molar refractivity (Wildman–Crippen MR) is 69.8 cm³/mol. The van der Waals surface area contributed by atoms with Crippen molar-refractivity contribution in [1.82, 2.24) is 10.2 Å². The summed E-state index contributed by atoms with van der Waals surface area (Å²) in [5.74, 6) is 0. The van der Waals surface area contributed by atoms with Gasteiger partial charge >= 0.3 is 0 Å². The third-order valence-electron chi connectivity index (χ3n) is 4.64. The molecule has 2 heterocycles. The van der Waals surface area contributed by atoms with Gasteiger partial charge in [-0.25, -0.2) is 0 Å². The number of nitrogens with zero attached hydrogens (tertiary/aromatic N) is 1. The number of piperidine rings is 1. The number of hydrogen-bond donors (Lipinski definition) is 1. The highest BCUT2D eigenvalue weighted by atomic mass is 15.2. The summed E-state index contributed by atoms with van der Waals surface area (Å²) in [4.78, 5) is 2.67. The Morgan fingerprint density at radius 1 is 1.31 bits per heavy atom. The van der Waals surface area contributed by atoms with Crippen LogP contribution in [0.4, 0.5) is 0 Å². The summed E-state index contributed by atoms with van der Waals surface area (Å²) in [6.45, 7) is 8.55. The van der Waals surface area contributed by atoms with Gasteiger partial charge in [-0.15, -0.1) is 0 Å². The van der Waals surface area contributed by atoms with Gasteiger partial charge < -0.3 is 10.2 Å². The number of nitrogens with one attached hydrogen (secondary N) is 1. The van der Waals surface area contributed by atoms with Crippen molar-refractivity contribution in [1.29, 1.82) is 0 Å². The van der Waals surface area contributed by atoms with Gasteiger partial charge in [0, 0.05) is 11.6 Å². The molecule has 0 bridgehead atoms. The second kappa shape index (κ2) is 5.50. The van der Waals surface area contributed by atoms with Crippen molar-refractivity contribution >= 4 is 0 Å². The van der Waals surface area contributed by atoms with E-state index in [1.807, 2.05) is 0 Å². The quantitative estimate of drug-likeness (QED) is 0.790. The highest BCUT2D eigenvalue weighted by molar-refractivity contribution is 4.89. The van der Waals surface area contributed by atoms with Crippen LogP contribution in [0.15, 0.2) is 0 Å². The Bertz CT molecular complexity index is 209. The predicted octanol–water partition coefficient (Wildman–Crippen LogP) is 2.78. The summed E-state index contributed by atoms with van der Waals surface area (Å²) < 4.78 is 0. The van der Waals surface area contributed by atoms with E-state index in [1.165, 1.54) is 64.6 Å². The van der Waals surface area contributed by atoms with Gasteiger partial charge in [0.1, 0.15) is 0 Å². The standard InChI is InChI=1S/C14H28N2/c1-3-16-12-6-7-13(16)8-10-14(2)9-4-5-11-15-14/h13,15H,3-12H2,1-2H3. The molecule has 0 amide bonds. The van der Waals surface area contributed by atoms with Crippen molar-refractivity contribution in [2.45, 2.75) is 70.4 Å². The van der Waals surface area contributed by atoms with Crippen LogP contribution in [-0.2, 0) is 0 Å². The van der Waals surface area contributed by atoms with Crippen LogP contribution in [0.25, 0.3) is 0 Å². The lowest BCUT2D eigenvalue weighted by molar-refractivity contribution is 0.203. The van der Waals surface area contributed by atoms with Gasteiger partial charge in [0.2, 0.25) is 0 Å². The smallest absolute Gasteiger partial charge is 0.0153 e. The number of likely N-dealkylation sites (tertiary alicyclic amines) is 1. The second-order valence-electron chi connectivity index (χ2n) is 5.91. The topological polar surface area (TPSA) is 15.3 Å². The molecule has 2 heteroatoms. The van der Waals surface area contributed by atoms with Gasteiger partial charge in [-0.2, -0.15) is 0 Å². The zero-order valence-corrected chi connectivity index (χ0v) is 11.1. The molecule has 94 valence electrons. The Balaban J connectivity index is 1.77. The van der Waals surface area contributed by atoms with Gasteiger partial charge in [0.15, 0.2) is 0 Å². The lowest BCUT2D eigenvalue weighted by atomic mass is 9.85. The van der Waals surface area contributed by atoms with E-state index in [-0.39, 0.29) is 0 Å². The highest BCUT2D eigenvalue weighted by Crippen LogP contribution is 2.28. The summed E-state index contributed by atoms with van der Waals surface area (Å²) in [7, 11) is 0. The monoisotopic (exact) mass is 224 g/mol. The average molecular weight is 224 g/mol. The maximum Gasteiger partial charge on any atom is 0.0153 e. The molecule has 0 radical (unpaired) electrons. The third kappa shape index (κ3) is 2.98. The van der Waals surface area contributed by atoms with Crippen molar-refractivity contribution in [3.8, 4) is 0 Å². The first-order valence-corrected chi connectivity index (χ1v) is 7.22. The third-order valence-corrected chi connectivity index (χ3v) is 4.64. The minimum Gasteiger partial charge on any atom is -0.312 e. The molecular formula is C14H28N2. The Morgan fingerprint density at radius 3 is 2.88 bits per heavy atom. The van der Waals surface area contributed by atoms with Crippen molar-refractivity contribution in [3.63, 3.8) is 0 Å². The summed E-state index contributed by atoms with van der Waals surface area (Å²) in [6, 6.07) is 0.880. The summed E-state index contributed by atoms with van der Waals surface area (Å²) in [6.07, 6.45) is 9.80. The van der Waals surface area contributed by atoms with E-state index >= 15 is 0 Å². The fourth-order valence-corrected chi connectivity index (χ4v) is 3.46. The molecule has 16 heavy (non-hydrogen) atoms. The van der Waals surface area contributed by atoms with E-state index in [0.717, 1.165) is 6.04 Å². The largest absolute Gasteiger partial charge is 0.312 e. The molecule has 1 N–H and O–H groups in total. The average Bonchev–Trinajstić information content (AvgIpc) is 2.75. The molecule has 2 atom stereocenters. The number of rotatable bonds is 4. The first kappa shape index (κ1) is 12.4. The molecule has 2 aliphatic rings. The van der Waals surface area contributed by atoms with Crippen LogP contribution in [0.3, 0.4) is 0 Å². The van der Waals surface area contributed by atoms with E-state index < -0.39 is 0 Å². The molecule has 2 nitrogen and oxygen atoms in total. The van der Waals surface area contributed by atoms with Crippen LogP contribution in [0.5, 0.6) is 0 Å². The van der Waals surface area contributed by atoms with Gasteiger partial charge in [0.05, 0.1) is 0 Å². The van der Waals surface area contributed by atoms with Gasteiger partial charge in [-0.05, 0) is 65.1 Å². The molecule has 0 spiro atoms. The molecule has 2 aliphatic heterocycles. The van der Waals surface area contributed by atoms with Crippen LogP contribution in [-0.4, -0.2) is 36.1 Å². The SMILES string of the molecule is CCN1CCCC1CCC1(C)CCCCN1. The van der Waals surface area contributed by atoms with E-state index in [4.69, 9.17) is 0 Å². The molecule has 2 fully saturated rings. The zero-order valence-electron chi connectivity index (χ0n) is 11.1. The first-order chi connectivity index (χ1) is 7.73. The van der Waals surface area contributed by atoms with E-state index in [1.54, 1.807) is 0 Å². The number of hydrogen-bond acceptors (Lipinski definition) is 2. The molecule has 2 saturated heterocycles. The minimum absolute atomic E-state index is 0.445. The van der Waals surface area contributed by atoms with Crippen LogP contribution in [0.1, 0.15) is 58.8 Å². The first-order valence-electron chi connectivity index (χ1n) is 7.22. The zero-order chi connectivity index (χ0) is 11.4. The van der Waals surface area contributed by atoms with Crippen LogP contribution in [0, 0.1) is 0 Å². The highest BCUT2D eigenvalue weighted by Gasteiger charge is 2.29. The maximum absolute atomic E-state index is 3.73.